The van der Waals surface area contributed by atoms with Crippen LogP contribution in [0, 0.1) is 0 Å². The number of amides is 1. The Morgan fingerprint density at radius 2 is 2.43 bits per heavy atom. The van der Waals surface area contributed by atoms with Crippen LogP contribution < -0.4 is 4.90 Å². The molecule has 0 bridgehead atoms. The molecule has 1 aliphatic rings. The number of aromatic nitrogens is 1. The van der Waals surface area contributed by atoms with E-state index in [1.165, 1.54) is 0 Å². The molecule has 1 aliphatic heterocycles. The molecule has 14 heavy (non-hydrogen) atoms. The second-order valence-electron chi connectivity index (χ2n) is 3.12. The van der Waals surface area contributed by atoms with Crippen LogP contribution in [0.2, 0.25) is 5.15 Å². The first-order valence-corrected chi connectivity index (χ1v) is 5.53. The molecule has 0 spiro atoms. The molecule has 0 N–H and O–H groups in total. The van der Waals surface area contributed by atoms with Crippen molar-refractivity contribution < 1.29 is 4.79 Å². The van der Waals surface area contributed by atoms with Crippen LogP contribution in [0.3, 0.4) is 0 Å². The number of carbonyl (C=O) groups excluding carboxylic acids is 1. The van der Waals surface area contributed by atoms with Crippen LogP contribution in [0.5, 0.6) is 0 Å². The second kappa shape index (κ2) is 3.87. The molecule has 0 aromatic carbocycles. The molecule has 1 saturated heterocycles. The number of hydrogen-bond donors (Lipinski definition) is 0. The molecule has 1 atom stereocenters. The standard InChI is InChI=1S/C9H8BrClN2O/c10-6-4-8(14)13(5-6)7-2-1-3-12-9(7)11/h1-3,6H,4-5H2. The molecule has 74 valence electrons. The lowest BCUT2D eigenvalue weighted by atomic mass is 10.4. The fourth-order valence-corrected chi connectivity index (χ4v) is 2.26. The normalized spacial score (nSPS) is 21.7. The summed E-state index contributed by atoms with van der Waals surface area (Å²) in [7, 11) is 0. The fourth-order valence-electron chi connectivity index (χ4n) is 1.48. The van der Waals surface area contributed by atoms with Crippen LogP contribution in [0.1, 0.15) is 6.42 Å². The van der Waals surface area contributed by atoms with Gasteiger partial charge < -0.3 is 4.90 Å². The molecule has 2 rings (SSSR count). The van der Waals surface area contributed by atoms with E-state index in [2.05, 4.69) is 20.9 Å². The molecule has 2 heterocycles. The molecule has 5 heteroatoms. The molecule has 0 saturated carbocycles. The van der Waals surface area contributed by atoms with Crippen molar-refractivity contribution in [3.8, 4) is 0 Å². The molecule has 0 aliphatic carbocycles. The number of anilines is 1. The highest BCUT2D eigenvalue weighted by molar-refractivity contribution is 9.09. The average molecular weight is 276 g/mol. The zero-order valence-corrected chi connectivity index (χ0v) is 9.62. The van der Waals surface area contributed by atoms with E-state index in [0.29, 0.717) is 23.8 Å². The van der Waals surface area contributed by atoms with E-state index in [-0.39, 0.29) is 10.7 Å². The summed E-state index contributed by atoms with van der Waals surface area (Å²) in [6, 6.07) is 3.58. The van der Waals surface area contributed by atoms with Crippen LogP contribution in [-0.4, -0.2) is 22.3 Å². The SMILES string of the molecule is O=C1CC(Br)CN1c1cccnc1Cl. The summed E-state index contributed by atoms with van der Waals surface area (Å²) >= 11 is 9.31. The monoisotopic (exact) mass is 274 g/mol. The van der Waals surface area contributed by atoms with Crippen LogP contribution in [0.4, 0.5) is 5.69 Å². The maximum atomic E-state index is 11.5. The van der Waals surface area contributed by atoms with Gasteiger partial charge in [0.1, 0.15) is 0 Å². The summed E-state index contributed by atoms with van der Waals surface area (Å²) in [4.78, 5) is 17.4. The molecule has 3 nitrogen and oxygen atoms in total. The summed E-state index contributed by atoms with van der Waals surface area (Å²) in [5, 5.41) is 0.377. The van der Waals surface area contributed by atoms with Gasteiger partial charge in [-0.3, -0.25) is 4.79 Å². The van der Waals surface area contributed by atoms with Crippen molar-refractivity contribution in [3.05, 3.63) is 23.5 Å². The van der Waals surface area contributed by atoms with E-state index in [9.17, 15) is 4.79 Å². The van der Waals surface area contributed by atoms with Crippen molar-refractivity contribution >= 4 is 39.1 Å². The highest BCUT2D eigenvalue weighted by Gasteiger charge is 2.29. The minimum Gasteiger partial charge on any atom is -0.308 e. The number of alkyl halides is 1. The topological polar surface area (TPSA) is 33.2 Å². The minimum absolute atomic E-state index is 0.0850. The van der Waals surface area contributed by atoms with E-state index in [0.717, 1.165) is 0 Å². The Bertz CT molecular complexity index is 372. The Balaban J connectivity index is 2.32. The van der Waals surface area contributed by atoms with E-state index in [1.54, 1.807) is 23.2 Å². The zero-order chi connectivity index (χ0) is 10.1. The number of hydrogen-bond acceptors (Lipinski definition) is 2. The molecule has 0 radical (unpaired) electrons. The molecule has 1 aromatic rings. The third-order valence-corrected chi connectivity index (χ3v) is 3.01. The Kier molecular flexibility index (Phi) is 2.74. The third kappa shape index (κ3) is 1.77. The predicted octanol–water partition coefficient (Wildman–Crippen LogP) is 2.24. The van der Waals surface area contributed by atoms with Crippen LogP contribution in [0.15, 0.2) is 18.3 Å². The summed E-state index contributed by atoms with van der Waals surface area (Å²) in [5.74, 6) is 0.0850. The van der Waals surface area contributed by atoms with Crippen molar-refractivity contribution in [2.24, 2.45) is 0 Å². The predicted molar refractivity (Wildman–Crippen MR) is 58.9 cm³/mol. The maximum absolute atomic E-state index is 11.5. The van der Waals surface area contributed by atoms with Crippen LogP contribution in [0.25, 0.3) is 0 Å². The lowest BCUT2D eigenvalue weighted by Gasteiger charge is -2.16. The fraction of sp³-hybridized carbons (Fsp3) is 0.333. The van der Waals surface area contributed by atoms with Gasteiger partial charge in [-0.1, -0.05) is 27.5 Å². The van der Waals surface area contributed by atoms with Crippen molar-refractivity contribution in [1.82, 2.24) is 4.98 Å². The second-order valence-corrected chi connectivity index (χ2v) is 4.77. The lowest BCUT2D eigenvalue weighted by Crippen LogP contribution is -2.24. The third-order valence-electron chi connectivity index (χ3n) is 2.11. The van der Waals surface area contributed by atoms with Gasteiger partial charge in [-0.25, -0.2) is 4.98 Å². The first-order valence-electron chi connectivity index (χ1n) is 4.23. The number of carbonyl (C=O) groups is 1. The van der Waals surface area contributed by atoms with Crippen molar-refractivity contribution in [2.45, 2.75) is 11.2 Å². The highest BCUT2D eigenvalue weighted by atomic mass is 79.9. The van der Waals surface area contributed by atoms with E-state index < -0.39 is 0 Å². The van der Waals surface area contributed by atoms with Gasteiger partial charge >= 0.3 is 0 Å². The van der Waals surface area contributed by atoms with E-state index in [1.807, 2.05) is 0 Å². The first-order chi connectivity index (χ1) is 6.68. The molecule has 1 unspecified atom stereocenters. The van der Waals surface area contributed by atoms with Gasteiger partial charge in [0.05, 0.1) is 5.69 Å². The minimum atomic E-state index is 0.0850. The molecule has 1 aromatic heterocycles. The van der Waals surface area contributed by atoms with Crippen LogP contribution in [-0.2, 0) is 4.79 Å². The molecule has 1 amide bonds. The zero-order valence-electron chi connectivity index (χ0n) is 7.28. The van der Waals surface area contributed by atoms with Gasteiger partial charge in [0.2, 0.25) is 5.91 Å². The maximum Gasteiger partial charge on any atom is 0.228 e. The molecular formula is C9H8BrClN2O. The van der Waals surface area contributed by atoms with Gasteiger partial charge in [0, 0.05) is 24.0 Å². The van der Waals surface area contributed by atoms with Gasteiger partial charge in [-0.05, 0) is 12.1 Å². The Morgan fingerprint density at radius 1 is 1.64 bits per heavy atom. The lowest BCUT2D eigenvalue weighted by molar-refractivity contribution is -0.117. The molecule has 1 fully saturated rings. The van der Waals surface area contributed by atoms with E-state index in [4.69, 9.17) is 11.6 Å². The van der Waals surface area contributed by atoms with Gasteiger partial charge in [0.15, 0.2) is 5.15 Å². The number of pyridine rings is 1. The quantitative estimate of drug-likeness (QED) is 0.582. The first kappa shape index (κ1) is 9.93. The van der Waals surface area contributed by atoms with Crippen LogP contribution >= 0.6 is 27.5 Å². The Morgan fingerprint density at radius 3 is 3.00 bits per heavy atom. The Hall–Kier alpha value is -0.610. The van der Waals surface area contributed by atoms with Crippen molar-refractivity contribution in [1.29, 1.82) is 0 Å². The largest absolute Gasteiger partial charge is 0.308 e. The van der Waals surface area contributed by atoms with Gasteiger partial charge in [-0.2, -0.15) is 0 Å². The number of rotatable bonds is 1. The van der Waals surface area contributed by atoms with Gasteiger partial charge in [0.25, 0.3) is 0 Å². The van der Waals surface area contributed by atoms with Crippen molar-refractivity contribution in [2.75, 3.05) is 11.4 Å². The summed E-state index contributed by atoms with van der Waals surface area (Å²) in [6.07, 6.45) is 2.13. The number of nitrogens with zero attached hydrogens (tertiary/aromatic N) is 2. The Labute approximate surface area is 95.2 Å². The summed E-state index contributed by atoms with van der Waals surface area (Å²) in [5.41, 5.74) is 0.695. The smallest absolute Gasteiger partial charge is 0.228 e. The summed E-state index contributed by atoms with van der Waals surface area (Å²) in [6.45, 7) is 0.657. The van der Waals surface area contributed by atoms with Crippen molar-refractivity contribution in [3.63, 3.8) is 0 Å². The average Bonchev–Trinajstić information content (AvgIpc) is 2.46. The molecular weight excluding hydrogens is 267 g/mol. The number of halogens is 2. The summed E-state index contributed by atoms with van der Waals surface area (Å²) < 4.78 is 0. The highest BCUT2D eigenvalue weighted by Crippen LogP contribution is 2.29. The van der Waals surface area contributed by atoms with E-state index >= 15 is 0 Å². The van der Waals surface area contributed by atoms with Gasteiger partial charge in [-0.15, -0.1) is 0 Å².